The lowest BCUT2D eigenvalue weighted by Crippen LogP contribution is -2.10. The van der Waals surface area contributed by atoms with E-state index in [1.807, 2.05) is 7.05 Å². The van der Waals surface area contributed by atoms with Crippen LogP contribution in [-0.4, -0.2) is 18.2 Å². The first-order chi connectivity index (χ1) is 8.33. The summed E-state index contributed by atoms with van der Waals surface area (Å²) in [5.41, 5.74) is 6.09. The van der Waals surface area contributed by atoms with Crippen molar-refractivity contribution in [2.24, 2.45) is 0 Å². The molecule has 1 aliphatic heterocycles. The van der Waals surface area contributed by atoms with Gasteiger partial charge in [0.05, 0.1) is 5.52 Å². The van der Waals surface area contributed by atoms with Crippen LogP contribution in [0.5, 0.6) is 0 Å². The van der Waals surface area contributed by atoms with Gasteiger partial charge in [0.25, 0.3) is 0 Å². The zero-order chi connectivity index (χ0) is 11.8. The summed E-state index contributed by atoms with van der Waals surface area (Å²) in [5.74, 6) is 0. The van der Waals surface area contributed by atoms with Gasteiger partial charge in [0, 0.05) is 17.6 Å². The monoisotopic (exact) mass is 228 g/mol. The first-order valence-electron chi connectivity index (χ1n) is 6.57. The van der Waals surface area contributed by atoms with Gasteiger partial charge in [-0.1, -0.05) is 18.2 Å². The molecule has 0 saturated heterocycles. The van der Waals surface area contributed by atoms with Crippen LogP contribution in [0.25, 0.3) is 10.9 Å². The van der Waals surface area contributed by atoms with Crippen LogP contribution in [0, 0.1) is 6.92 Å². The van der Waals surface area contributed by atoms with Gasteiger partial charge in [0.2, 0.25) is 0 Å². The second-order valence-corrected chi connectivity index (χ2v) is 4.99. The number of rotatable bonds is 4. The Hall–Kier alpha value is -1.28. The second kappa shape index (κ2) is 4.19. The van der Waals surface area contributed by atoms with Crippen molar-refractivity contribution in [2.45, 2.75) is 32.7 Å². The lowest BCUT2D eigenvalue weighted by atomic mass is 10.1. The lowest BCUT2D eigenvalue weighted by Gasteiger charge is -2.07. The van der Waals surface area contributed by atoms with Gasteiger partial charge < -0.3 is 9.88 Å². The van der Waals surface area contributed by atoms with Gasteiger partial charge in [-0.2, -0.15) is 0 Å². The van der Waals surface area contributed by atoms with E-state index in [1.165, 1.54) is 47.8 Å². The van der Waals surface area contributed by atoms with Gasteiger partial charge in [-0.3, -0.25) is 0 Å². The third-order valence-corrected chi connectivity index (χ3v) is 4.00. The summed E-state index contributed by atoms with van der Waals surface area (Å²) in [4.78, 5) is 0. The molecule has 3 rings (SSSR count). The van der Waals surface area contributed by atoms with E-state index in [-0.39, 0.29) is 0 Å². The molecule has 90 valence electrons. The maximum Gasteiger partial charge on any atom is 0.0518 e. The minimum atomic E-state index is 1.10. The van der Waals surface area contributed by atoms with Gasteiger partial charge in [0.15, 0.2) is 0 Å². The highest BCUT2D eigenvalue weighted by atomic mass is 15.0. The average Bonchev–Trinajstić information content (AvgIpc) is 2.88. The summed E-state index contributed by atoms with van der Waals surface area (Å²) in [7, 11) is 2.03. The minimum Gasteiger partial charge on any atom is -0.344 e. The van der Waals surface area contributed by atoms with Gasteiger partial charge in [0.1, 0.15) is 0 Å². The number of aromatic nitrogens is 1. The van der Waals surface area contributed by atoms with Crippen molar-refractivity contribution < 1.29 is 0 Å². The van der Waals surface area contributed by atoms with Crippen LogP contribution in [0.1, 0.15) is 23.2 Å². The molecule has 1 aromatic heterocycles. The molecule has 0 amide bonds. The third kappa shape index (κ3) is 1.59. The lowest BCUT2D eigenvalue weighted by molar-refractivity contribution is 0.665. The van der Waals surface area contributed by atoms with E-state index in [0.29, 0.717) is 0 Å². The van der Waals surface area contributed by atoms with Crippen molar-refractivity contribution in [3.8, 4) is 0 Å². The molecule has 0 unspecified atom stereocenters. The third-order valence-electron chi connectivity index (χ3n) is 4.00. The highest BCUT2D eigenvalue weighted by Gasteiger charge is 2.20. The first kappa shape index (κ1) is 10.8. The predicted octanol–water partition coefficient (Wildman–Crippen LogP) is 2.66. The maximum absolute atomic E-state index is 3.23. The van der Waals surface area contributed by atoms with Crippen LogP contribution in [0.15, 0.2) is 18.2 Å². The summed E-state index contributed by atoms with van der Waals surface area (Å²) in [5, 5.41) is 4.70. The van der Waals surface area contributed by atoms with Gasteiger partial charge in [-0.15, -0.1) is 0 Å². The molecule has 0 aliphatic carbocycles. The Morgan fingerprint density at radius 1 is 1.35 bits per heavy atom. The topological polar surface area (TPSA) is 17.0 Å². The van der Waals surface area contributed by atoms with Crippen LogP contribution >= 0.6 is 0 Å². The molecule has 1 aromatic carbocycles. The fourth-order valence-electron chi connectivity index (χ4n) is 3.14. The van der Waals surface area contributed by atoms with Gasteiger partial charge in [-0.25, -0.2) is 0 Å². The van der Waals surface area contributed by atoms with Crippen molar-refractivity contribution in [3.05, 3.63) is 35.0 Å². The summed E-state index contributed by atoms with van der Waals surface area (Å²) in [6, 6.07) is 6.76. The molecule has 2 nitrogen and oxygen atoms in total. The van der Waals surface area contributed by atoms with Crippen molar-refractivity contribution >= 4 is 10.9 Å². The molecular formula is C15H20N2. The quantitative estimate of drug-likeness (QED) is 0.796. The van der Waals surface area contributed by atoms with Crippen molar-refractivity contribution in [2.75, 3.05) is 13.6 Å². The Morgan fingerprint density at radius 2 is 2.24 bits per heavy atom. The largest absolute Gasteiger partial charge is 0.344 e. The minimum absolute atomic E-state index is 1.10. The number of hydrogen-bond donors (Lipinski definition) is 1. The van der Waals surface area contributed by atoms with Gasteiger partial charge >= 0.3 is 0 Å². The Balaban J connectivity index is 2.06. The highest BCUT2D eigenvalue weighted by Crippen LogP contribution is 2.33. The summed E-state index contributed by atoms with van der Waals surface area (Å²) >= 11 is 0. The van der Waals surface area contributed by atoms with E-state index in [4.69, 9.17) is 0 Å². The molecule has 17 heavy (non-hydrogen) atoms. The molecule has 2 aromatic rings. The fraction of sp³-hybridized carbons (Fsp3) is 0.467. The Labute approximate surface area is 103 Å². The van der Waals surface area contributed by atoms with Crippen molar-refractivity contribution in [3.63, 3.8) is 0 Å². The van der Waals surface area contributed by atoms with Crippen molar-refractivity contribution in [1.82, 2.24) is 9.88 Å². The zero-order valence-electron chi connectivity index (χ0n) is 10.7. The smallest absolute Gasteiger partial charge is 0.0518 e. The van der Waals surface area contributed by atoms with Crippen LogP contribution in [0.3, 0.4) is 0 Å². The second-order valence-electron chi connectivity index (χ2n) is 4.99. The molecule has 0 bridgehead atoms. The Kier molecular flexibility index (Phi) is 2.67. The molecule has 0 spiro atoms. The highest BCUT2D eigenvalue weighted by molar-refractivity contribution is 5.89. The molecule has 0 radical (unpaired) electrons. The number of nitrogens with one attached hydrogen (secondary N) is 1. The van der Waals surface area contributed by atoms with E-state index >= 15 is 0 Å². The van der Waals surface area contributed by atoms with E-state index in [1.54, 1.807) is 5.69 Å². The van der Waals surface area contributed by atoms with Crippen LogP contribution in [0.4, 0.5) is 0 Å². The normalized spacial score (nSPS) is 13.8. The Morgan fingerprint density at radius 3 is 3.06 bits per heavy atom. The van der Waals surface area contributed by atoms with Crippen LogP contribution < -0.4 is 5.32 Å². The van der Waals surface area contributed by atoms with Crippen LogP contribution in [-0.2, 0) is 19.4 Å². The predicted molar refractivity (Wildman–Crippen MR) is 72.6 cm³/mol. The van der Waals surface area contributed by atoms with E-state index in [2.05, 4.69) is 35.0 Å². The Bertz CT molecular complexity index is 552. The molecule has 0 saturated carbocycles. The molecular weight excluding hydrogens is 208 g/mol. The summed E-state index contributed by atoms with van der Waals surface area (Å²) in [6.45, 7) is 4.56. The maximum atomic E-state index is 3.23. The first-order valence-corrected chi connectivity index (χ1v) is 6.57. The summed E-state index contributed by atoms with van der Waals surface area (Å²) in [6.07, 6.45) is 3.63. The molecule has 0 fully saturated rings. The van der Waals surface area contributed by atoms with E-state index < -0.39 is 0 Å². The molecule has 0 atom stereocenters. The summed E-state index contributed by atoms with van der Waals surface area (Å²) < 4.78 is 2.55. The fourth-order valence-corrected chi connectivity index (χ4v) is 3.14. The van der Waals surface area contributed by atoms with E-state index in [9.17, 15) is 0 Å². The number of para-hydroxylation sites is 1. The number of aryl methyl sites for hydroxylation is 3. The standard InChI is InChI=1S/C15H20N2/c1-11-13-6-3-5-12-8-10-17(15(12)13)14(11)7-4-9-16-2/h3,5-6,16H,4,7-10H2,1-2H3. The molecule has 1 N–H and O–H groups in total. The number of hydrogen-bond acceptors (Lipinski definition) is 1. The number of benzene rings is 1. The zero-order valence-corrected chi connectivity index (χ0v) is 10.7. The molecule has 2 heteroatoms. The average molecular weight is 228 g/mol. The van der Waals surface area contributed by atoms with E-state index in [0.717, 1.165) is 6.54 Å². The van der Waals surface area contributed by atoms with Crippen molar-refractivity contribution in [1.29, 1.82) is 0 Å². The molecule has 2 heterocycles. The van der Waals surface area contributed by atoms with Crippen LogP contribution in [0.2, 0.25) is 0 Å². The molecule has 1 aliphatic rings. The SMILES string of the molecule is CNCCCc1c(C)c2cccc3c2n1CC3. The number of nitrogens with zero attached hydrogens (tertiary/aromatic N) is 1. The van der Waals surface area contributed by atoms with Gasteiger partial charge in [-0.05, 0) is 50.9 Å².